The molecule has 7 aromatic rings. The molecule has 5 aromatic heterocycles. The van der Waals surface area contributed by atoms with Gasteiger partial charge in [-0.2, -0.15) is 25.5 Å². The lowest BCUT2D eigenvalue weighted by molar-refractivity contribution is -0.138. The van der Waals surface area contributed by atoms with Crippen LogP contribution in [-0.4, -0.2) is 193 Å². The lowest BCUT2D eigenvalue weighted by atomic mass is 9.48. The molecule has 14 saturated carbocycles. The first-order valence-corrected chi connectivity index (χ1v) is 56.4. The Morgan fingerprint density at radius 2 is 0.669 bits per heavy atom. The molecule has 14 fully saturated rings. The quantitative estimate of drug-likeness (QED) is 0.0431. The fraction of sp³-hybridized carbons (Fsp3) is 0.523. The number of hydrogen-bond donors (Lipinski definition) is 9. The molecule has 19 aliphatic carbocycles. The third-order valence-corrected chi connectivity index (χ3v) is 40.9. The lowest BCUT2D eigenvalue weighted by Gasteiger charge is -2.58. The van der Waals surface area contributed by atoms with Gasteiger partial charge in [-0.25, -0.2) is 25.4 Å². The van der Waals surface area contributed by atoms with Crippen LogP contribution in [0.4, 0.5) is 0 Å². The number of rotatable bonds is 15. The SMILES string of the molecule is CB1NN=C(C2C3CC4CC2CC(O)(C4)C3)c2c1cnc1c2C=CC1.CB1NN=C(C2[C@@H]3CC4C[C@H]2CC(O)(C4)C3)c2c1cnc1c2C=CC1.CB1NN=C(C2[C@@H]3CC4C[C@H]2CC(O)(C4)C3)c2c1cnc1c2C=CC1.CN(Cc1ccccc1)S(=O)(=O)CC1CCC(C2=NNB(O)c3cnc4c(c32)C=CC4)CC1.CN1N=C(C2CCC(CS(=O)(=O)N(C)Cc3ccccc3)CC2)c2c(cnc3c2C=CC3)B1O. The van der Waals surface area contributed by atoms with Crippen molar-refractivity contribution in [2.75, 3.05) is 32.6 Å². The highest BCUT2D eigenvalue weighted by Crippen LogP contribution is 2.63. The minimum absolute atomic E-state index is 0.148. The molecule has 10 heterocycles. The number of hydrogen-bond acceptors (Lipinski definition) is 24. The van der Waals surface area contributed by atoms with Gasteiger partial charge in [0, 0.05) is 193 Å². The van der Waals surface area contributed by atoms with Gasteiger partial charge in [-0.15, -0.1) is 0 Å². The van der Waals surface area contributed by atoms with Crippen molar-refractivity contribution in [3.05, 3.63) is 217 Å². The van der Waals surface area contributed by atoms with E-state index in [1.54, 1.807) is 38.5 Å². The molecule has 142 heavy (non-hydrogen) atoms. The van der Waals surface area contributed by atoms with Crippen LogP contribution in [0.5, 0.6) is 0 Å². The Hall–Kier alpha value is -9.82. The summed E-state index contributed by atoms with van der Waals surface area (Å²) in [5.41, 5.74) is 29.9. The lowest BCUT2D eigenvalue weighted by Crippen LogP contribution is -2.58. The van der Waals surface area contributed by atoms with Gasteiger partial charge in [0.25, 0.3) is 0 Å². The molecular weight excluding hydrogens is 1810 g/mol. The summed E-state index contributed by atoms with van der Waals surface area (Å²) < 4.78 is 54.9. The van der Waals surface area contributed by atoms with Crippen molar-refractivity contribution >= 4 is 141 Å². The fourth-order valence-electron chi connectivity index (χ4n) is 31.0. The van der Waals surface area contributed by atoms with E-state index in [1.807, 2.05) is 60.7 Å². The first-order valence-electron chi connectivity index (χ1n) is 53.2. The van der Waals surface area contributed by atoms with Crippen molar-refractivity contribution in [3.8, 4) is 0 Å². The third kappa shape index (κ3) is 17.5. The van der Waals surface area contributed by atoms with Gasteiger partial charge in [-0.05, 0) is 240 Å². The second kappa shape index (κ2) is 37.3. The number of pyridine rings is 5. The molecule has 26 nitrogen and oxygen atoms in total. The van der Waals surface area contributed by atoms with Crippen molar-refractivity contribution in [3.63, 3.8) is 0 Å². The third-order valence-electron chi connectivity index (χ3n) is 36.9. The van der Waals surface area contributed by atoms with Gasteiger partial charge in [-0.3, -0.25) is 24.9 Å². The molecule has 33 heteroatoms. The summed E-state index contributed by atoms with van der Waals surface area (Å²) in [4.78, 5) is 24.8. The van der Waals surface area contributed by atoms with Crippen LogP contribution in [0.1, 0.15) is 243 Å². The largest absolute Gasteiger partial charge is 0.468 e. The number of fused-ring (bicyclic) bond motifs is 15. The summed E-state index contributed by atoms with van der Waals surface area (Å²) in [6.07, 6.45) is 59.5. The molecule has 734 valence electrons. The average molecular weight is 1940 g/mol. The first-order chi connectivity index (χ1) is 68.6. The highest BCUT2D eigenvalue weighted by Gasteiger charge is 2.61. The van der Waals surface area contributed by atoms with Crippen LogP contribution in [0, 0.1) is 94.7 Å². The summed E-state index contributed by atoms with van der Waals surface area (Å²) in [7, 11) is -3.17. The molecule has 12 atom stereocenters. The van der Waals surface area contributed by atoms with E-state index >= 15 is 0 Å². The van der Waals surface area contributed by atoms with Crippen LogP contribution in [0.25, 0.3) is 30.4 Å². The zero-order chi connectivity index (χ0) is 97.1. The molecule has 5 aliphatic heterocycles. The number of allylic oxidation sites excluding steroid dienone is 5. The zero-order valence-corrected chi connectivity index (χ0v) is 84.3. The fourth-order valence-corrected chi connectivity index (χ4v) is 34.1. The number of nitrogens with zero attached hydrogens (tertiary/aromatic N) is 13. The number of hydrazone groups is 5. The Kier molecular flexibility index (Phi) is 24.8. The number of aliphatic hydroxyl groups is 3. The van der Waals surface area contributed by atoms with Crippen LogP contribution in [-0.2, 0) is 65.2 Å². The molecule has 0 radical (unpaired) electrons. The predicted octanol–water partition coefficient (Wildman–Crippen LogP) is 10.1. The van der Waals surface area contributed by atoms with Crippen molar-refractivity contribution in [1.29, 1.82) is 0 Å². The zero-order valence-electron chi connectivity index (χ0n) is 82.7. The van der Waals surface area contributed by atoms with E-state index in [0.29, 0.717) is 66.4 Å². The van der Waals surface area contributed by atoms with E-state index in [9.17, 15) is 42.2 Å². The summed E-state index contributed by atoms with van der Waals surface area (Å²) in [6, 6.07) is 19.4. The molecule has 12 bridgehead atoms. The van der Waals surface area contributed by atoms with E-state index in [0.717, 1.165) is 226 Å². The number of aromatic nitrogens is 5. The van der Waals surface area contributed by atoms with Gasteiger partial charge in [0.1, 0.15) is 0 Å². The maximum Gasteiger partial charge on any atom is 0.468 e. The molecule has 9 N–H and O–H groups in total. The molecular formula is C109H132B5N17O9S2. The van der Waals surface area contributed by atoms with Gasteiger partial charge in [0.15, 0.2) is 0 Å². The van der Waals surface area contributed by atoms with Crippen molar-refractivity contribution in [2.24, 2.45) is 120 Å². The van der Waals surface area contributed by atoms with Gasteiger partial charge >= 0.3 is 34.6 Å². The second-order valence-electron chi connectivity index (χ2n) is 46.4. The summed E-state index contributed by atoms with van der Waals surface area (Å²) in [5, 5.41) is 90.9. The molecule has 2 aromatic carbocycles. The minimum atomic E-state index is -3.33. The van der Waals surface area contributed by atoms with Gasteiger partial charge in [-0.1, -0.05) is 142 Å². The Balaban J connectivity index is 0.0000000964. The summed E-state index contributed by atoms with van der Waals surface area (Å²) in [5.74, 6) is 8.39. The Bertz CT molecular complexity index is 6370. The van der Waals surface area contributed by atoms with Gasteiger partial charge in [0.05, 0.1) is 85.3 Å². The van der Waals surface area contributed by atoms with E-state index in [1.165, 1.54) is 131 Å². The molecule has 0 saturated heterocycles. The molecule has 0 spiro atoms. The van der Waals surface area contributed by atoms with Crippen LogP contribution < -0.4 is 48.7 Å². The van der Waals surface area contributed by atoms with E-state index < -0.39 is 34.1 Å². The number of nitrogens with one attached hydrogen (secondary N) is 4. The van der Waals surface area contributed by atoms with Crippen molar-refractivity contribution in [2.45, 2.75) is 230 Å². The van der Waals surface area contributed by atoms with Crippen molar-refractivity contribution in [1.82, 2.24) is 59.8 Å². The average Bonchev–Trinajstić information content (AvgIpc) is 0.810. The van der Waals surface area contributed by atoms with Gasteiger partial charge in [0.2, 0.25) is 20.0 Å². The standard InChI is InChI=1S/C25H31BN4O3S.C24H29BN4O3S.3C20H24BN3O/c1-29(16-18-7-4-3-5-8-18)34(32,33)17-19-11-13-20(14-12-19)25-24-21-9-6-10-23(21)27-15-22(24)26(31)30(2)28-25;1-29(15-17-6-3-2-4-7-17)33(31,32)16-18-10-12-19(13-11-18)24-23-20-8-5-9-22(20)26-14-21(23)25(30)28-27-24;3*1-21-15-10-22-16-4-2-3-14(16)18(15)19(23-24-21)17-12-5-11-6-13(17)9-20(25,7-11)8-12/h3-9,15,19-20,31H,10-14,16-17H2,1-2H3;2-8,14,18-19,28,30H,9-13,15-16H2,1H3;3*2-3,10-13,17,24-25H,4-9H2,1H3/t;;2*11?,12-,13+,17?,20?;. The van der Waals surface area contributed by atoms with E-state index in [4.69, 9.17) is 35.4 Å². The summed E-state index contributed by atoms with van der Waals surface area (Å²) in [6.45, 7) is 7.95. The van der Waals surface area contributed by atoms with Crippen LogP contribution in [0.2, 0.25) is 20.5 Å². The second-order valence-corrected chi connectivity index (χ2v) is 50.7. The van der Waals surface area contributed by atoms with Gasteiger partial charge < -0.3 is 51.6 Å². The van der Waals surface area contributed by atoms with E-state index in [2.05, 4.69) is 136 Å². The Labute approximate surface area is 837 Å². The first kappa shape index (κ1) is 94.5. The topological polar surface area (TPSA) is 354 Å². The van der Waals surface area contributed by atoms with Crippen LogP contribution in [0.3, 0.4) is 0 Å². The number of benzene rings is 2. The van der Waals surface area contributed by atoms with E-state index in [-0.39, 0.29) is 72.5 Å². The monoisotopic (exact) mass is 1940 g/mol. The molecule has 8 unspecified atom stereocenters. The molecule has 24 aliphatic rings. The van der Waals surface area contributed by atoms with Crippen molar-refractivity contribution < 1.29 is 42.2 Å². The highest BCUT2D eigenvalue weighted by molar-refractivity contribution is 7.89. The molecule has 0 amide bonds. The molecule has 31 rings (SSSR count). The number of sulfonamides is 2. The Morgan fingerprint density at radius 3 is 0.993 bits per heavy atom. The Morgan fingerprint density at radius 1 is 0.380 bits per heavy atom. The van der Waals surface area contributed by atoms with Crippen LogP contribution in [0.15, 0.2) is 148 Å². The highest BCUT2D eigenvalue weighted by atomic mass is 32.2. The predicted molar refractivity (Wildman–Crippen MR) is 567 cm³/mol. The smallest absolute Gasteiger partial charge is 0.428 e. The van der Waals surface area contributed by atoms with Crippen LogP contribution >= 0.6 is 0 Å². The normalized spacial score (nSPS) is 31.5. The maximum atomic E-state index is 13.0. The summed E-state index contributed by atoms with van der Waals surface area (Å²) >= 11 is 0. The maximum absolute atomic E-state index is 13.0. The minimum Gasteiger partial charge on any atom is -0.428 e.